The minimum atomic E-state index is -0.923. The second kappa shape index (κ2) is 7.07. The van der Waals surface area contributed by atoms with Crippen molar-refractivity contribution in [3.63, 3.8) is 0 Å². The van der Waals surface area contributed by atoms with E-state index in [2.05, 4.69) is 9.47 Å². The van der Waals surface area contributed by atoms with Gasteiger partial charge < -0.3 is 9.47 Å². The molecule has 0 spiro atoms. The third-order valence-electron chi connectivity index (χ3n) is 2.05. The van der Waals surface area contributed by atoms with Gasteiger partial charge in [-0.3, -0.25) is 4.79 Å². The Labute approximate surface area is 131 Å². The first-order valence-electron chi connectivity index (χ1n) is 5.39. The Morgan fingerprint density at radius 1 is 1.37 bits per heavy atom. The van der Waals surface area contributed by atoms with E-state index in [1.807, 2.05) is 0 Å². The Balaban J connectivity index is 1.86. The summed E-state index contributed by atoms with van der Waals surface area (Å²) < 4.78 is 12.4. The van der Waals surface area contributed by atoms with Gasteiger partial charge in [-0.2, -0.15) is 0 Å². The predicted molar refractivity (Wildman–Crippen MR) is 81.1 cm³/mol. The summed E-state index contributed by atoms with van der Waals surface area (Å²) in [6.45, 7) is 1.85. The van der Waals surface area contributed by atoms with Crippen LogP contribution in [0.3, 0.4) is 0 Å². The van der Waals surface area contributed by atoms with Crippen molar-refractivity contribution in [3.05, 3.63) is 3.14 Å². The summed E-state index contributed by atoms with van der Waals surface area (Å²) in [6, 6.07) is 0. The highest BCUT2D eigenvalue weighted by Crippen LogP contribution is 2.48. The Kier molecular flexibility index (Phi) is 5.70. The molecule has 104 valence electrons. The summed E-state index contributed by atoms with van der Waals surface area (Å²) in [7, 11) is 0. The highest BCUT2D eigenvalue weighted by Gasteiger charge is 2.26. The topological polar surface area (TPSA) is 52.6 Å². The lowest BCUT2D eigenvalue weighted by atomic mass is 10.3. The van der Waals surface area contributed by atoms with Crippen molar-refractivity contribution in [3.8, 4) is 0 Å². The molecular weight excluding hydrogens is 344 g/mol. The van der Waals surface area contributed by atoms with Crippen LogP contribution in [0.2, 0.25) is 0 Å². The molecule has 0 amide bonds. The van der Waals surface area contributed by atoms with E-state index < -0.39 is 12.1 Å². The number of rotatable bonds is 3. The van der Waals surface area contributed by atoms with Crippen LogP contribution in [0.25, 0.3) is 0 Å². The Morgan fingerprint density at radius 3 is 2.84 bits per heavy atom. The van der Waals surface area contributed by atoms with Crippen LogP contribution in [0.1, 0.15) is 13.3 Å². The molecule has 4 nitrogen and oxygen atoms in total. The minimum absolute atomic E-state index is 0.111. The van der Waals surface area contributed by atoms with Crippen molar-refractivity contribution >= 4 is 70.5 Å². The van der Waals surface area contributed by atoms with Crippen molar-refractivity contribution in [2.45, 2.75) is 27.0 Å². The maximum Gasteiger partial charge on any atom is 0.516 e. The number of hydrogen-bond donors (Lipinski definition) is 0. The van der Waals surface area contributed by atoms with Gasteiger partial charge in [0, 0.05) is 11.0 Å². The maximum absolute atomic E-state index is 11.6. The van der Waals surface area contributed by atoms with Gasteiger partial charge in [0.05, 0.1) is 21.4 Å². The average Bonchev–Trinajstić information content (AvgIpc) is 2.68. The van der Waals surface area contributed by atoms with E-state index in [0.29, 0.717) is 0 Å². The molecule has 1 aliphatic heterocycles. The molecule has 0 aromatic carbocycles. The van der Waals surface area contributed by atoms with E-state index in [1.54, 1.807) is 53.1 Å². The molecule has 2 heterocycles. The Bertz CT molecular complexity index is 534. The molecule has 1 aromatic heterocycles. The van der Waals surface area contributed by atoms with Crippen LogP contribution < -0.4 is 0 Å². The zero-order valence-corrected chi connectivity index (χ0v) is 14.0. The van der Waals surface area contributed by atoms with E-state index in [0.717, 1.165) is 8.89 Å². The first kappa shape index (κ1) is 15.3. The normalized spacial score (nSPS) is 17.6. The van der Waals surface area contributed by atoms with Crippen LogP contribution >= 0.6 is 58.4 Å². The first-order chi connectivity index (χ1) is 9.08. The molecule has 0 N–H and O–H groups in total. The number of carbonyl (C=O) groups is 2. The SMILES string of the molecule is CCOC(=O)OC(=O)CC1CSc2sc(=S)sc2S1. The maximum atomic E-state index is 11.6. The second-order valence-corrected chi connectivity index (χ2v) is 9.52. The lowest BCUT2D eigenvalue weighted by Gasteiger charge is -2.18. The van der Waals surface area contributed by atoms with E-state index in [9.17, 15) is 9.59 Å². The molecule has 1 aliphatic rings. The van der Waals surface area contributed by atoms with Crippen molar-refractivity contribution < 1.29 is 19.1 Å². The molecule has 0 saturated heterocycles. The summed E-state index contributed by atoms with van der Waals surface area (Å²) >= 11 is 11.7. The second-order valence-electron chi connectivity index (χ2n) is 3.44. The Morgan fingerprint density at radius 2 is 2.11 bits per heavy atom. The molecule has 1 atom stereocenters. The van der Waals surface area contributed by atoms with Crippen LogP contribution in [0.15, 0.2) is 8.42 Å². The third kappa shape index (κ3) is 4.45. The fraction of sp³-hybridized carbons (Fsp3) is 0.500. The van der Waals surface area contributed by atoms with E-state index in [-0.39, 0.29) is 18.3 Å². The van der Waals surface area contributed by atoms with Crippen LogP contribution in [0.4, 0.5) is 4.79 Å². The standard InChI is InChI=1S/C10H10O4S5/c1-2-13-9(12)14-6(11)3-5-4-16-7-8(17-5)19-10(15)18-7/h5H,2-4H2,1H3. The van der Waals surface area contributed by atoms with Crippen molar-refractivity contribution in [1.29, 1.82) is 0 Å². The molecule has 0 bridgehead atoms. The predicted octanol–water partition coefficient (Wildman–Crippen LogP) is 4.20. The highest BCUT2D eigenvalue weighted by molar-refractivity contribution is 8.08. The molecule has 19 heavy (non-hydrogen) atoms. The fourth-order valence-corrected chi connectivity index (χ4v) is 7.96. The summed E-state index contributed by atoms with van der Waals surface area (Å²) in [5, 5.41) is 0.111. The lowest BCUT2D eigenvalue weighted by molar-refractivity contribution is -0.139. The van der Waals surface area contributed by atoms with Gasteiger partial charge in [-0.25, -0.2) is 4.79 Å². The zero-order chi connectivity index (χ0) is 13.8. The van der Waals surface area contributed by atoms with Gasteiger partial charge in [0.1, 0.15) is 3.14 Å². The van der Waals surface area contributed by atoms with Crippen LogP contribution in [0.5, 0.6) is 0 Å². The Hall–Kier alpha value is -0.0900. The van der Waals surface area contributed by atoms with Crippen molar-refractivity contribution in [2.24, 2.45) is 0 Å². The largest absolute Gasteiger partial charge is 0.516 e. The van der Waals surface area contributed by atoms with Gasteiger partial charge >= 0.3 is 12.1 Å². The summed E-state index contributed by atoms with van der Waals surface area (Å²) in [5.74, 6) is 0.274. The van der Waals surface area contributed by atoms with Gasteiger partial charge in [-0.1, -0.05) is 12.2 Å². The van der Waals surface area contributed by atoms with E-state index >= 15 is 0 Å². The fourth-order valence-electron chi connectivity index (χ4n) is 1.34. The molecule has 0 saturated carbocycles. The minimum Gasteiger partial charge on any atom is -0.434 e. The smallest absolute Gasteiger partial charge is 0.434 e. The molecular formula is C10H10O4S5. The average molecular weight is 355 g/mol. The van der Waals surface area contributed by atoms with Gasteiger partial charge in [0.25, 0.3) is 0 Å². The number of esters is 1. The number of thioether (sulfide) groups is 2. The first-order valence-corrected chi connectivity index (χ1v) is 9.30. The molecule has 0 radical (unpaired) electrons. The summed E-state index contributed by atoms with van der Waals surface area (Å²) in [6.07, 6.45) is -0.724. The van der Waals surface area contributed by atoms with Crippen LogP contribution in [0, 0.1) is 3.14 Å². The molecule has 1 unspecified atom stereocenters. The molecule has 2 rings (SSSR count). The van der Waals surface area contributed by atoms with Crippen LogP contribution in [-0.2, 0) is 14.3 Å². The number of carbonyl (C=O) groups excluding carboxylic acids is 2. The summed E-state index contributed by atoms with van der Waals surface area (Å²) in [4.78, 5) is 22.6. The van der Waals surface area contributed by atoms with Gasteiger partial charge in [0.2, 0.25) is 0 Å². The van der Waals surface area contributed by atoms with Gasteiger partial charge in [0.15, 0.2) is 0 Å². The molecule has 9 heteroatoms. The zero-order valence-electron chi connectivity index (χ0n) is 9.87. The van der Waals surface area contributed by atoms with Crippen LogP contribution in [-0.4, -0.2) is 29.7 Å². The molecule has 1 aromatic rings. The summed E-state index contributed by atoms with van der Waals surface area (Å²) in [5.41, 5.74) is 0. The molecule has 0 fully saturated rings. The quantitative estimate of drug-likeness (QED) is 0.458. The number of ether oxygens (including phenoxy) is 2. The lowest BCUT2D eigenvalue weighted by Crippen LogP contribution is -2.20. The van der Waals surface area contributed by atoms with E-state index in [1.165, 1.54) is 8.42 Å². The van der Waals surface area contributed by atoms with E-state index in [4.69, 9.17) is 12.2 Å². The van der Waals surface area contributed by atoms with Crippen molar-refractivity contribution in [2.75, 3.05) is 12.4 Å². The third-order valence-corrected chi connectivity index (χ3v) is 8.15. The van der Waals surface area contributed by atoms with Gasteiger partial charge in [-0.05, 0) is 6.92 Å². The van der Waals surface area contributed by atoms with Crippen molar-refractivity contribution in [1.82, 2.24) is 0 Å². The molecule has 0 aliphatic carbocycles. The monoisotopic (exact) mass is 354 g/mol. The highest BCUT2D eigenvalue weighted by atomic mass is 32.2. The number of hydrogen-bond acceptors (Lipinski definition) is 9. The van der Waals surface area contributed by atoms with Gasteiger partial charge in [-0.15, -0.1) is 46.2 Å². The number of fused-ring (bicyclic) bond motifs is 1.